The van der Waals surface area contributed by atoms with Gasteiger partial charge in [-0.05, 0) is 0 Å². The molecule has 0 aromatic carbocycles. The third-order valence-electron chi connectivity index (χ3n) is 2.66. The Hall–Kier alpha value is -1.01. The van der Waals surface area contributed by atoms with Gasteiger partial charge in [-0.15, -0.1) is 0 Å². The summed E-state index contributed by atoms with van der Waals surface area (Å²) in [6.07, 6.45) is 1.16. The highest BCUT2D eigenvalue weighted by molar-refractivity contribution is 5.11. The molecule has 6 heteroatoms. The number of alkyl halides is 2. The van der Waals surface area contributed by atoms with Gasteiger partial charge in [0.25, 0.3) is 6.43 Å². The molecule has 1 aliphatic rings. The number of nitrogens with zero attached hydrogens (tertiary/aromatic N) is 2. The van der Waals surface area contributed by atoms with E-state index in [1.807, 2.05) is 10.8 Å². The van der Waals surface area contributed by atoms with Crippen LogP contribution in [0.15, 0.2) is 12.5 Å². The lowest BCUT2D eigenvalue weighted by Crippen LogP contribution is -2.41. The number of imidazole rings is 1. The van der Waals surface area contributed by atoms with Crippen molar-refractivity contribution in [1.29, 1.82) is 0 Å². The van der Waals surface area contributed by atoms with Crippen LogP contribution in [0, 0.1) is 0 Å². The molecule has 1 aromatic heterocycles. The maximum absolute atomic E-state index is 11.8. The fourth-order valence-corrected chi connectivity index (χ4v) is 1.69. The van der Waals surface area contributed by atoms with Crippen LogP contribution in [0.3, 0.4) is 0 Å². The van der Waals surface area contributed by atoms with Gasteiger partial charge in [-0.2, -0.15) is 0 Å². The summed E-state index contributed by atoms with van der Waals surface area (Å²) in [5.41, 5.74) is 1.15. The highest BCUT2D eigenvalue weighted by Gasteiger charge is 2.22. The van der Waals surface area contributed by atoms with Crippen molar-refractivity contribution in [2.75, 3.05) is 26.3 Å². The van der Waals surface area contributed by atoms with Gasteiger partial charge >= 0.3 is 0 Å². The van der Waals surface area contributed by atoms with E-state index in [1.165, 1.54) is 0 Å². The molecule has 2 rings (SSSR count). The molecule has 1 saturated heterocycles. The normalized spacial score (nSPS) is 16.7. The SMILES string of the molecule is FC(F)COCCn1cncc1C1CNC1. The summed E-state index contributed by atoms with van der Waals surface area (Å²) >= 11 is 0. The van der Waals surface area contributed by atoms with Gasteiger partial charge in [-0.25, -0.2) is 13.8 Å². The van der Waals surface area contributed by atoms with E-state index < -0.39 is 13.0 Å². The zero-order chi connectivity index (χ0) is 11.4. The van der Waals surface area contributed by atoms with Crippen LogP contribution in [0.2, 0.25) is 0 Å². The number of hydrogen-bond donors (Lipinski definition) is 1. The maximum atomic E-state index is 11.8. The molecule has 0 aliphatic carbocycles. The summed E-state index contributed by atoms with van der Waals surface area (Å²) in [5.74, 6) is 0.498. The van der Waals surface area contributed by atoms with Crippen molar-refractivity contribution in [1.82, 2.24) is 14.9 Å². The van der Waals surface area contributed by atoms with Crippen LogP contribution >= 0.6 is 0 Å². The van der Waals surface area contributed by atoms with Crippen molar-refractivity contribution in [3.05, 3.63) is 18.2 Å². The second-order valence-corrected chi connectivity index (χ2v) is 3.83. The van der Waals surface area contributed by atoms with Crippen LogP contribution in [0.25, 0.3) is 0 Å². The monoisotopic (exact) mass is 231 g/mol. The first-order valence-electron chi connectivity index (χ1n) is 5.34. The zero-order valence-electron chi connectivity index (χ0n) is 8.90. The quantitative estimate of drug-likeness (QED) is 0.738. The summed E-state index contributed by atoms with van der Waals surface area (Å²) in [6, 6.07) is 0. The van der Waals surface area contributed by atoms with Gasteiger partial charge in [0.05, 0.1) is 12.9 Å². The highest BCUT2D eigenvalue weighted by Crippen LogP contribution is 2.18. The van der Waals surface area contributed by atoms with Crippen molar-refractivity contribution >= 4 is 0 Å². The molecule has 4 nitrogen and oxygen atoms in total. The number of aromatic nitrogens is 2. The Labute approximate surface area is 92.6 Å². The Morgan fingerprint density at radius 2 is 2.38 bits per heavy atom. The Balaban J connectivity index is 1.77. The fourth-order valence-electron chi connectivity index (χ4n) is 1.69. The molecule has 0 spiro atoms. The largest absolute Gasteiger partial charge is 0.374 e. The van der Waals surface area contributed by atoms with Crippen LogP contribution in [0.4, 0.5) is 8.78 Å². The van der Waals surface area contributed by atoms with Crippen LogP contribution in [-0.4, -0.2) is 42.3 Å². The molecule has 1 aromatic rings. The third kappa shape index (κ3) is 2.76. The Bertz CT molecular complexity index is 326. The Morgan fingerprint density at radius 1 is 1.56 bits per heavy atom. The number of nitrogens with one attached hydrogen (secondary N) is 1. The predicted molar refractivity (Wildman–Crippen MR) is 54.7 cm³/mol. The topological polar surface area (TPSA) is 39.1 Å². The van der Waals surface area contributed by atoms with Gasteiger partial charge in [0.15, 0.2) is 0 Å². The van der Waals surface area contributed by atoms with E-state index in [-0.39, 0.29) is 0 Å². The maximum Gasteiger partial charge on any atom is 0.261 e. The van der Waals surface area contributed by atoms with E-state index in [2.05, 4.69) is 10.3 Å². The predicted octanol–water partition coefficient (Wildman–Crippen LogP) is 0.852. The highest BCUT2D eigenvalue weighted by atomic mass is 19.3. The van der Waals surface area contributed by atoms with Gasteiger partial charge in [0, 0.05) is 37.4 Å². The smallest absolute Gasteiger partial charge is 0.261 e. The number of hydrogen-bond acceptors (Lipinski definition) is 3. The molecule has 1 N–H and O–H groups in total. The van der Waals surface area contributed by atoms with E-state index in [1.54, 1.807) is 6.33 Å². The number of ether oxygens (including phenoxy) is 1. The molecular weight excluding hydrogens is 216 g/mol. The first kappa shape index (κ1) is 11.5. The number of rotatable bonds is 6. The minimum atomic E-state index is -2.39. The molecular formula is C10H15F2N3O. The van der Waals surface area contributed by atoms with Crippen molar-refractivity contribution in [2.45, 2.75) is 18.9 Å². The number of halogens is 2. The minimum absolute atomic E-state index is 0.299. The standard InChI is InChI=1S/C10H15F2N3O/c11-10(12)6-16-2-1-15-7-14-5-9(15)8-3-13-4-8/h5,7-8,10,13H,1-4,6H2. The summed E-state index contributed by atoms with van der Waals surface area (Å²) in [7, 11) is 0. The van der Waals surface area contributed by atoms with Crippen molar-refractivity contribution < 1.29 is 13.5 Å². The van der Waals surface area contributed by atoms with E-state index >= 15 is 0 Å². The molecule has 2 heterocycles. The molecule has 0 bridgehead atoms. The summed E-state index contributed by atoms with van der Waals surface area (Å²) < 4.78 is 30.4. The van der Waals surface area contributed by atoms with Crippen molar-refractivity contribution in [3.63, 3.8) is 0 Å². The van der Waals surface area contributed by atoms with Crippen LogP contribution < -0.4 is 5.32 Å². The van der Waals surface area contributed by atoms with E-state index in [0.29, 0.717) is 19.1 Å². The van der Waals surface area contributed by atoms with E-state index in [0.717, 1.165) is 18.8 Å². The lowest BCUT2D eigenvalue weighted by molar-refractivity contribution is 0.0145. The first-order chi connectivity index (χ1) is 7.77. The lowest BCUT2D eigenvalue weighted by atomic mass is 10.00. The first-order valence-corrected chi connectivity index (χ1v) is 5.34. The molecule has 90 valence electrons. The van der Waals surface area contributed by atoms with Crippen molar-refractivity contribution in [2.24, 2.45) is 0 Å². The molecule has 0 radical (unpaired) electrons. The molecule has 0 unspecified atom stereocenters. The summed E-state index contributed by atoms with van der Waals surface area (Å²) in [4.78, 5) is 4.07. The van der Waals surface area contributed by atoms with Crippen LogP contribution in [-0.2, 0) is 11.3 Å². The minimum Gasteiger partial charge on any atom is -0.374 e. The molecule has 1 fully saturated rings. The van der Waals surface area contributed by atoms with Crippen LogP contribution in [0.5, 0.6) is 0 Å². The van der Waals surface area contributed by atoms with Gasteiger partial charge in [0.2, 0.25) is 0 Å². The Kier molecular flexibility index (Phi) is 3.84. The third-order valence-corrected chi connectivity index (χ3v) is 2.66. The summed E-state index contributed by atoms with van der Waals surface area (Å²) in [5, 5.41) is 3.19. The van der Waals surface area contributed by atoms with Crippen LogP contribution in [0.1, 0.15) is 11.6 Å². The average Bonchev–Trinajstić information content (AvgIpc) is 2.58. The van der Waals surface area contributed by atoms with E-state index in [4.69, 9.17) is 4.74 Å². The molecule has 16 heavy (non-hydrogen) atoms. The summed E-state index contributed by atoms with van der Waals surface area (Å²) in [6.45, 7) is 2.31. The van der Waals surface area contributed by atoms with Gasteiger partial charge in [-0.1, -0.05) is 0 Å². The Morgan fingerprint density at radius 3 is 3.00 bits per heavy atom. The molecule has 0 saturated carbocycles. The zero-order valence-corrected chi connectivity index (χ0v) is 8.90. The second kappa shape index (κ2) is 5.36. The molecule has 1 aliphatic heterocycles. The van der Waals surface area contributed by atoms with Gasteiger partial charge in [0.1, 0.15) is 6.61 Å². The fraction of sp³-hybridized carbons (Fsp3) is 0.700. The molecule has 0 atom stereocenters. The lowest BCUT2D eigenvalue weighted by Gasteiger charge is -2.27. The van der Waals surface area contributed by atoms with Gasteiger partial charge < -0.3 is 14.6 Å². The molecule has 0 amide bonds. The van der Waals surface area contributed by atoms with Crippen molar-refractivity contribution in [3.8, 4) is 0 Å². The van der Waals surface area contributed by atoms with E-state index in [9.17, 15) is 8.78 Å². The van der Waals surface area contributed by atoms with Gasteiger partial charge in [-0.3, -0.25) is 0 Å². The second-order valence-electron chi connectivity index (χ2n) is 3.83. The average molecular weight is 231 g/mol.